The Bertz CT molecular complexity index is 1480. The van der Waals surface area contributed by atoms with Gasteiger partial charge in [0.05, 0.1) is 44.4 Å². The molecule has 1 aliphatic heterocycles. The summed E-state index contributed by atoms with van der Waals surface area (Å²) in [6, 6.07) is 15.8. The van der Waals surface area contributed by atoms with E-state index in [-0.39, 0.29) is 5.91 Å². The number of fused-ring (bicyclic) bond motifs is 1. The van der Waals surface area contributed by atoms with E-state index in [2.05, 4.69) is 15.6 Å². The summed E-state index contributed by atoms with van der Waals surface area (Å²) in [6.07, 6.45) is 3.24. The molecule has 1 amide bonds. The third kappa shape index (κ3) is 4.44. The molecule has 10 heteroatoms. The summed E-state index contributed by atoms with van der Waals surface area (Å²) in [4.78, 5) is 22.6. The van der Waals surface area contributed by atoms with Crippen LogP contribution < -0.4 is 24.8 Å². The van der Waals surface area contributed by atoms with Crippen LogP contribution in [0.1, 0.15) is 18.5 Å². The van der Waals surface area contributed by atoms with Crippen LogP contribution in [0, 0.1) is 0 Å². The SMILES string of the molecule is COc1ccc(OC)c(C2C(C(=O)Nc3cccnc3)=C(C)Nc3nc(-c4ccccc4OC)nn32)c1. The molecule has 0 spiro atoms. The van der Waals surface area contributed by atoms with Crippen molar-refractivity contribution in [2.75, 3.05) is 32.0 Å². The molecular weight excluding hydrogens is 472 g/mol. The highest BCUT2D eigenvalue weighted by molar-refractivity contribution is 6.06. The zero-order valence-corrected chi connectivity index (χ0v) is 20.9. The number of para-hydroxylation sites is 1. The Morgan fingerprint density at radius 1 is 1.00 bits per heavy atom. The van der Waals surface area contributed by atoms with Crippen LogP contribution in [-0.2, 0) is 4.79 Å². The van der Waals surface area contributed by atoms with Gasteiger partial charge in [-0.1, -0.05) is 12.1 Å². The summed E-state index contributed by atoms with van der Waals surface area (Å²) >= 11 is 0. The van der Waals surface area contributed by atoms with E-state index < -0.39 is 6.04 Å². The molecule has 0 aliphatic carbocycles. The molecule has 0 radical (unpaired) electrons. The Labute approximate surface area is 213 Å². The normalized spacial score (nSPS) is 14.4. The predicted molar refractivity (Wildman–Crippen MR) is 139 cm³/mol. The number of aromatic nitrogens is 4. The number of rotatable bonds is 7. The third-order valence-corrected chi connectivity index (χ3v) is 6.10. The highest BCUT2D eigenvalue weighted by Crippen LogP contribution is 2.42. The summed E-state index contributed by atoms with van der Waals surface area (Å²) in [7, 11) is 4.77. The first kappa shape index (κ1) is 23.9. The van der Waals surface area contributed by atoms with Crippen molar-refractivity contribution in [2.24, 2.45) is 0 Å². The summed E-state index contributed by atoms with van der Waals surface area (Å²) in [5.41, 5.74) is 3.06. The molecule has 2 N–H and O–H groups in total. The van der Waals surface area contributed by atoms with Crippen molar-refractivity contribution < 1.29 is 19.0 Å². The minimum Gasteiger partial charge on any atom is -0.497 e. The van der Waals surface area contributed by atoms with Gasteiger partial charge in [-0.3, -0.25) is 9.78 Å². The molecular formula is C27H26N6O4. The van der Waals surface area contributed by atoms with Crippen molar-refractivity contribution in [1.29, 1.82) is 0 Å². The second-order valence-electron chi connectivity index (χ2n) is 8.27. The molecule has 5 rings (SSSR count). The number of anilines is 2. The molecule has 0 saturated carbocycles. The van der Waals surface area contributed by atoms with Gasteiger partial charge in [0.1, 0.15) is 23.3 Å². The van der Waals surface area contributed by atoms with E-state index in [0.29, 0.717) is 51.5 Å². The highest BCUT2D eigenvalue weighted by Gasteiger charge is 2.36. The van der Waals surface area contributed by atoms with Crippen LogP contribution in [0.3, 0.4) is 0 Å². The van der Waals surface area contributed by atoms with Gasteiger partial charge >= 0.3 is 0 Å². The second-order valence-corrected chi connectivity index (χ2v) is 8.27. The first-order valence-corrected chi connectivity index (χ1v) is 11.5. The van der Waals surface area contributed by atoms with Gasteiger partial charge < -0.3 is 24.8 Å². The fourth-order valence-corrected chi connectivity index (χ4v) is 4.36. The van der Waals surface area contributed by atoms with Gasteiger partial charge in [-0.2, -0.15) is 4.98 Å². The number of ether oxygens (including phenoxy) is 3. The van der Waals surface area contributed by atoms with Crippen LogP contribution >= 0.6 is 0 Å². The number of carbonyl (C=O) groups excluding carboxylic acids is 1. The van der Waals surface area contributed by atoms with Gasteiger partial charge in [0.15, 0.2) is 5.82 Å². The maximum Gasteiger partial charge on any atom is 0.255 e. The third-order valence-electron chi connectivity index (χ3n) is 6.10. The smallest absolute Gasteiger partial charge is 0.255 e. The Hall–Kier alpha value is -4.86. The molecule has 37 heavy (non-hydrogen) atoms. The van der Waals surface area contributed by atoms with Crippen LogP contribution in [0.4, 0.5) is 11.6 Å². The van der Waals surface area contributed by atoms with E-state index in [1.54, 1.807) is 62.7 Å². The van der Waals surface area contributed by atoms with E-state index in [1.807, 2.05) is 37.3 Å². The van der Waals surface area contributed by atoms with Crippen LogP contribution in [0.25, 0.3) is 11.4 Å². The van der Waals surface area contributed by atoms with E-state index in [4.69, 9.17) is 24.3 Å². The zero-order chi connectivity index (χ0) is 25.9. The van der Waals surface area contributed by atoms with Gasteiger partial charge in [0.25, 0.3) is 5.91 Å². The molecule has 10 nitrogen and oxygen atoms in total. The van der Waals surface area contributed by atoms with Gasteiger partial charge in [-0.05, 0) is 49.4 Å². The van der Waals surface area contributed by atoms with Gasteiger partial charge in [0, 0.05) is 17.5 Å². The first-order chi connectivity index (χ1) is 18.0. The summed E-state index contributed by atoms with van der Waals surface area (Å²) < 4.78 is 18.4. The predicted octanol–water partition coefficient (Wildman–Crippen LogP) is 4.29. The molecule has 0 bridgehead atoms. The number of nitrogens with one attached hydrogen (secondary N) is 2. The maximum atomic E-state index is 13.7. The minimum atomic E-state index is -0.672. The Morgan fingerprint density at radius 2 is 1.81 bits per heavy atom. The van der Waals surface area contributed by atoms with Crippen molar-refractivity contribution in [3.8, 4) is 28.6 Å². The van der Waals surface area contributed by atoms with Crippen molar-refractivity contribution in [3.63, 3.8) is 0 Å². The van der Waals surface area contributed by atoms with Crippen LogP contribution in [0.5, 0.6) is 17.2 Å². The molecule has 1 atom stereocenters. The van der Waals surface area contributed by atoms with Crippen molar-refractivity contribution in [1.82, 2.24) is 19.7 Å². The maximum absolute atomic E-state index is 13.7. The monoisotopic (exact) mass is 498 g/mol. The number of hydrogen-bond acceptors (Lipinski definition) is 8. The van der Waals surface area contributed by atoms with E-state index in [9.17, 15) is 4.79 Å². The minimum absolute atomic E-state index is 0.312. The average molecular weight is 499 g/mol. The van der Waals surface area contributed by atoms with Gasteiger partial charge in [0.2, 0.25) is 5.95 Å². The molecule has 1 unspecified atom stereocenters. The fraction of sp³-hybridized carbons (Fsp3) is 0.185. The van der Waals surface area contributed by atoms with Crippen LogP contribution in [-0.4, -0.2) is 47.0 Å². The van der Waals surface area contributed by atoms with Crippen LogP contribution in [0.2, 0.25) is 0 Å². The van der Waals surface area contributed by atoms with Crippen LogP contribution in [0.15, 0.2) is 78.3 Å². The molecule has 4 aromatic rings. The standard InChI is InChI=1S/C27H26N6O4/c1-16-23(26(34)30-17-8-7-13-28-15-17)24(20-14-18(35-2)11-12-22(20)37-4)33-27(29-16)31-25(32-33)19-9-5-6-10-21(19)36-3/h5-15,24H,1-4H3,(H,30,34)(H,29,31,32). The number of hydrogen-bond donors (Lipinski definition) is 2. The first-order valence-electron chi connectivity index (χ1n) is 11.5. The number of nitrogens with zero attached hydrogens (tertiary/aromatic N) is 4. The molecule has 1 aliphatic rings. The quantitative estimate of drug-likeness (QED) is 0.388. The lowest BCUT2D eigenvalue weighted by Crippen LogP contribution is -2.31. The second kappa shape index (κ2) is 10.0. The van der Waals surface area contributed by atoms with Gasteiger partial charge in [-0.15, -0.1) is 5.10 Å². The summed E-state index contributed by atoms with van der Waals surface area (Å²) in [6.45, 7) is 1.83. The van der Waals surface area contributed by atoms with Crippen molar-refractivity contribution in [3.05, 3.63) is 83.8 Å². The summed E-state index contributed by atoms with van der Waals surface area (Å²) in [5, 5.41) is 11.0. The lowest BCUT2D eigenvalue weighted by Gasteiger charge is -2.29. The number of allylic oxidation sites excluding steroid dienone is 1. The number of methoxy groups -OCH3 is 3. The number of benzene rings is 2. The topological polar surface area (TPSA) is 112 Å². The van der Waals surface area contributed by atoms with E-state index in [1.165, 1.54) is 0 Å². The molecule has 0 fully saturated rings. The van der Waals surface area contributed by atoms with E-state index >= 15 is 0 Å². The lowest BCUT2D eigenvalue weighted by molar-refractivity contribution is -0.113. The Morgan fingerprint density at radius 3 is 2.54 bits per heavy atom. The Kier molecular flexibility index (Phi) is 6.46. The fourth-order valence-electron chi connectivity index (χ4n) is 4.36. The zero-order valence-electron chi connectivity index (χ0n) is 20.9. The molecule has 3 heterocycles. The Balaban J connectivity index is 1.68. The van der Waals surface area contributed by atoms with Crippen molar-refractivity contribution >= 4 is 17.5 Å². The molecule has 188 valence electrons. The summed E-state index contributed by atoms with van der Waals surface area (Å²) in [5.74, 6) is 2.45. The lowest BCUT2D eigenvalue weighted by atomic mass is 9.94. The van der Waals surface area contributed by atoms with E-state index in [0.717, 1.165) is 5.56 Å². The largest absolute Gasteiger partial charge is 0.497 e. The van der Waals surface area contributed by atoms with Gasteiger partial charge in [-0.25, -0.2) is 4.68 Å². The molecule has 2 aromatic carbocycles. The van der Waals surface area contributed by atoms with Crippen molar-refractivity contribution in [2.45, 2.75) is 13.0 Å². The molecule has 2 aromatic heterocycles. The number of pyridine rings is 1. The number of carbonyl (C=O) groups is 1. The molecule has 0 saturated heterocycles. The average Bonchev–Trinajstić information content (AvgIpc) is 3.35. The highest BCUT2D eigenvalue weighted by atomic mass is 16.5. The number of amides is 1.